The van der Waals surface area contributed by atoms with Gasteiger partial charge in [0.25, 0.3) is 0 Å². The van der Waals surface area contributed by atoms with Gasteiger partial charge in [0.2, 0.25) is 0 Å². The Balaban J connectivity index is 1.40. The number of benzene rings is 2. The summed E-state index contributed by atoms with van der Waals surface area (Å²) in [5.41, 5.74) is 4.97. The number of nitrogens with one attached hydrogen (secondary N) is 1. The highest BCUT2D eigenvalue weighted by molar-refractivity contribution is 5.66. The van der Waals surface area contributed by atoms with E-state index in [0.717, 1.165) is 36.9 Å². The van der Waals surface area contributed by atoms with Gasteiger partial charge in [0, 0.05) is 12.2 Å². The van der Waals surface area contributed by atoms with E-state index in [2.05, 4.69) is 75.5 Å². The minimum Gasteiger partial charge on any atom is -0.378 e. The molecule has 0 saturated carbocycles. The van der Waals surface area contributed by atoms with E-state index in [0.29, 0.717) is 13.2 Å². The Kier molecular flexibility index (Phi) is 4.97. The van der Waals surface area contributed by atoms with Crippen molar-refractivity contribution in [3.63, 3.8) is 0 Å². The zero-order chi connectivity index (χ0) is 17.8. The zero-order valence-corrected chi connectivity index (χ0v) is 15.1. The van der Waals surface area contributed by atoms with Gasteiger partial charge in [-0.2, -0.15) is 0 Å². The smallest absolute Gasteiger partial charge is 0.159 e. The molecule has 0 unspecified atom stereocenters. The van der Waals surface area contributed by atoms with Crippen LogP contribution in [-0.2, 0) is 30.9 Å². The van der Waals surface area contributed by atoms with Crippen molar-refractivity contribution >= 4 is 5.69 Å². The highest BCUT2D eigenvalue weighted by atomic mass is 16.5. The first-order chi connectivity index (χ1) is 12.8. The number of aryl methyl sites for hydroxylation is 1. The summed E-state index contributed by atoms with van der Waals surface area (Å²) in [5.74, 6) is 1.87. The average molecular weight is 348 g/mol. The third-order valence-electron chi connectivity index (χ3n) is 4.76. The van der Waals surface area contributed by atoms with Crippen LogP contribution in [0.3, 0.4) is 0 Å². The Bertz CT molecular complexity index is 853. The highest BCUT2D eigenvalue weighted by Crippen LogP contribution is 2.22. The van der Waals surface area contributed by atoms with Crippen LogP contribution in [0.5, 0.6) is 0 Å². The molecule has 2 aromatic carbocycles. The van der Waals surface area contributed by atoms with Gasteiger partial charge in [0.1, 0.15) is 6.61 Å². The van der Waals surface area contributed by atoms with Crippen LogP contribution in [0.1, 0.15) is 30.6 Å². The van der Waals surface area contributed by atoms with Crippen molar-refractivity contribution in [2.45, 2.75) is 39.5 Å². The molecular formula is C21H24N4O. The fourth-order valence-electron chi connectivity index (χ4n) is 3.30. The highest BCUT2D eigenvalue weighted by Gasteiger charge is 2.15. The van der Waals surface area contributed by atoms with E-state index < -0.39 is 0 Å². The van der Waals surface area contributed by atoms with Crippen molar-refractivity contribution in [1.29, 1.82) is 0 Å². The van der Waals surface area contributed by atoms with Gasteiger partial charge in [0.05, 0.1) is 13.2 Å². The van der Waals surface area contributed by atoms with Crippen LogP contribution >= 0.6 is 0 Å². The fraction of sp³-hybridized carbons (Fsp3) is 0.333. The normalized spacial score (nSPS) is 13.4. The molecule has 134 valence electrons. The average Bonchev–Trinajstić information content (AvgIpc) is 3.11. The van der Waals surface area contributed by atoms with Gasteiger partial charge >= 0.3 is 0 Å². The molecule has 26 heavy (non-hydrogen) atoms. The second kappa shape index (κ2) is 7.70. The number of hydrogen-bond donors (Lipinski definition) is 1. The molecule has 0 radical (unpaired) electrons. The maximum absolute atomic E-state index is 5.40. The van der Waals surface area contributed by atoms with E-state index in [-0.39, 0.29) is 0 Å². The Morgan fingerprint density at radius 3 is 2.46 bits per heavy atom. The molecule has 0 bridgehead atoms. The molecule has 0 spiro atoms. The van der Waals surface area contributed by atoms with Crippen LogP contribution in [0.4, 0.5) is 5.69 Å². The lowest BCUT2D eigenvalue weighted by Crippen LogP contribution is -2.19. The summed E-state index contributed by atoms with van der Waals surface area (Å²) in [6, 6.07) is 17.4. The summed E-state index contributed by atoms with van der Waals surface area (Å²) < 4.78 is 7.55. The molecular weight excluding hydrogens is 324 g/mol. The third kappa shape index (κ3) is 3.63. The van der Waals surface area contributed by atoms with E-state index in [4.69, 9.17) is 4.74 Å². The molecule has 0 atom stereocenters. The van der Waals surface area contributed by atoms with E-state index in [1.807, 2.05) is 0 Å². The van der Waals surface area contributed by atoms with Gasteiger partial charge in [-0.05, 0) is 35.2 Å². The summed E-state index contributed by atoms with van der Waals surface area (Å²) in [7, 11) is 0. The van der Waals surface area contributed by atoms with Gasteiger partial charge in [-0.3, -0.25) is 0 Å². The minimum atomic E-state index is 0.554. The Hall–Kier alpha value is -2.66. The SMILES string of the molecule is CCCc1ccc(-c2ccc(NCc3nnc4n3CCOC4)cc2)cc1. The molecule has 1 aliphatic heterocycles. The van der Waals surface area contributed by atoms with Gasteiger partial charge < -0.3 is 14.6 Å². The summed E-state index contributed by atoms with van der Waals surface area (Å²) in [4.78, 5) is 0. The Labute approximate surface area is 154 Å². The van der Waals surface area contributed by atoms with Crippen LogP contribution in [-0.4, -0.2) is 21.4 Å². The molecule has 0 aliphatic carbocycles. The molecule has 0 fully saturated rings. The van der Waals surface area contributed by atoms with Gasteiger partial charge in [0.15, 0.2) is 11.6 Å². The summed E-state index contributed by atoms with van der Waals surface area (Å²) in [5, 5.41) is 11.9. The molecule has 4 rings (SSSR count). The largest absolute Gasteiger partial charge is 0.378 e. The first-order valence-corrected chi connectivity index (χ1v) is 9.25. The Morgan fingerprint density at radius 1 is 1.00 bits per heavy atom. The number of aromatic nitrogens is 3. The number of hydrogen-bond acceptors (Lipinski definition) is 4. The van der Waals surface area contributed by atoms with E-state index in [1.54, 1.807) is 0 Å². The van der Waals surface area contributed by atoms with Crippen molar-refractivity contribution in [3.8, 4) is 11.1 Å². The molecule has 1 N–H and O–H groups in total. The molecule has 2 heterocycles. The van der Waals surface area contributed by atoms with Crippen LogP contribution in [0, 0.1) is 0 Å². The monoisotopic (exact) mass is 348 g/mol. The summed E-state index contributed by atoms with van der Waals surface area (Å²) in [6.45, 7) is 4.98. The zero-order valence-electron chi connectivity index (χ0n) is 15.1. The van der Waals surface area contributed by atoms with Crippen molar-refractivity contribution in [3.05, 3.63) is 65.7 Å². The summed E-state index contributed by atoms with van der Waals surface area (Å²) in [6.07, 6.45) is 2.32. The molecule has 5 nitrogen and oxygen atoms in total. The van der Waals surface area contributed by atoms with Crippen molar-refractivity contribution in [2.24, 2.45) is 0 Å². The maximum atomic E-state index is 5.40. The molecule has 0 saturated heterocycles. The number of nitrogens with zero attached hydrogens (tertiary/aromatic N) is 3. The van der Waals surface area contributed by atoms with Crippen molar-refractivity contribution in [1.82, 2.24) is 14.8 Å². The number of anilines is 1. The van der Waals surface area contributed by atoms with Crippen LogP contribution in [0.2, 0.25) is 0 Å². The number of rotatable bonds is 6. The predicted molar refractivity (Wildman–Crippen MR) is 103 cm³/mol. The second-order valence-corrected chi connectivity index (χ2v) is 6.61. The molecule has 5 heteroatoms. The fourth-order valence-corrected chi connectivity index (χ4v) is 3.30. The molecule has 3 aromatic rings. The first kappa shape index (κ1) is 16.8. The van der Waals surface area contributed by atoms with E-state index in [9.17, 15) is 0 Å². The maximum Gasteiger partial charge on any atom is 0.159 e. The van der Waals surface area contributed by atoms with E-state index in [1.165, 1.54) is 23.1 Å². The number of ether oxygens (including phenoxy) is 1. The lowest BCUT2D eigenvalue weighted by Gasteiger charge is -2.15. The van der Waals surface area contributed by atoms with Gasteiger partial charge in [-0.25, -0.2) is 0 Å². The third-order valence-corrected chi connectivity index (χ3v) is 4.76. The first-order valence-electron chi connectivity index (χ1n) is 9.25. The van der Waals surface area contributed by atoms with Gasteiger partial charge in [-0.1, -0.05) is 49.7 Å². The number of fused-ring (bicyclic) bond motifs is 1. The van der Waals surface area contributed by atoms with Crippen LogP contribution < -0.4 is 5.32 Å². The topological polar surface area (TPSA) is 52.0 Å². The predicted octanol–water partition coefficient (Wildman–Crippen LogP) is 4.04. The lowest BCUT2D eigenvalue weighted by atomic mass is 10.0. The van der Waals surface area contributed by atoms with Crippen LogP contribution in [0.25, 0.3) is 11.1 Å². The standard InChI is InChI=1S/C21H24N4O/c1-2-3-16-4-6-17(7-5-16)18-8-10-19(11-9-18)22-14-20-23-24-21-15-26-13-12-25(20)21/h4-11,22H,2-3,12-15H2,1H3. The van der Waals surface area contributed by atoms with Crippen molar-refractivity contribution in [2.75, 3.05) is 11.9 Å². The molecule has 1 aromatic heterocycles. The minimum absolute atomic E-state index is 0.554. The van der Waals surface area contributed by atoms with Gasteiger partial charge in [-0.15, -0.1) is 10.2 Å². The second-order valence-electron chi connectivity index (χ2n) is 6.61. The summed E-state index contributed by atoms with van der Waals surface area (Å²) >= 11 is 0. The van der Waals surface area contributed by atoms with E-state index >= 15 is 0 Å². The quantitative estimate of drug-likeness (QED) is 0.730. The van der Waals surface area contributed by atoms with Crippen LogP contribution in [0.15, 0.2) is 48.5 Å². The molecule has 0 amide bonds. The van der Waals surface area contributed by atoms with Crippen molar-refractivity contribution < 1.29 is 4.74 Å². The Morgan fingerprint density at radius 2 is 1.73 bits per heavy atom. The lowest BCUT2D eigenvalue weighted by molar-refractivity contribution is 0.0807. The molecule has 1 aliphatic rings.